The van der Waals surface area contributed by atoms with E-state index in [0.717, 1.165) is 34.6 Å². The molecule has 2 N–H and O–H groups in total. The number of nitrogens with zero attached hydrogens (tertiary/aromatic N) is 3. The van der Waals surface area contributed by atoms with Crippen molar-refractivity contribution in [1.82, 2.24) is 20.5 Å². The van der Waals surface area contributed by atoms with E-state index >= 15 is 0 Å². The first-order chi connectivity index (χ1) is 14.3. The summed E-state index contributed by atoms with van der Waals surface area (Å²) >= 11 is 1.01. The normalized spacial score (nSPS) is 11.9. The topological polar surface area (TPSA) is 61.8 Å². The Balaban J connectivity index is 0.00000480. The molecule has 0 spiro atoms. The van der Waals surface area contributed by atoms with Gasteiger partial charge in [0.25, 0.3) is 0 Å². The smallest absolute Gasteiger partial charge is 0.434 e. The van der Waals surface area contributed by atoms with E-state index in [2.05, 4.69) is 20.6 Å². The molecule has 174 valence electrons. The molecule has 0 aliphatic carbocycles. The van der Waals surface area contributed by atoms with E-state index in [1.165, 1.54) is 0 Å². The number of guanidine groups is 1. The fourth-order valence-corrected chi connectivity index (χ4v) is 3.27. The van der Waals surface area contributed by atoms with Crippen LogP contribution < -0.4 is 15.4 Å². The summed E-state index contributed by atoms with van der Waals surface area (Å²) in [6.45, 7) is 4.86. The molecule has 0 amide bonds. The summed E-state index contributed by atoms with van der Waals surface area (Å²) in [6, 6.07) is 7.74. The Kier molecular flexibility index (Phi) is 12.2. The first kappa shape index (κ1) is 27.4. The maximum atomic E-state index is 12.7. The number of nitrogens with one attached hydrogen (secondary N) is 2. The molecule has 0 unspecified atom stereocenters. The van der Waals surface area contributed by atoms with Gasteiger partial charge in [-0.2, -0.15) is 13.2 Å². The van der Waals surface area contributed by atoms with E-state index in [0.29, 0.717) is 43.6 Å². The molecule has 0 saturated heterocycles. The molecule has 2 rings (SSSR count). The Labute approximate surface area is 202 Å². The van der Waals surface area contributed by atoms with Gasteiger partial charge in [0, 0.05) is 37.0 Å². The van der Waals surface area contributed by atoms with Crippen LogP contribution in [0.3, 0.4) is 0 Å². The summed E-state index contributed by atoms with van der Waals surface area (Å²) < 4.78 is 43.8. The van der Waals surface area contributed by atoms with Crippen LogP contribution in [-0.4, -0.2) is 56.2 Å². The van der Waals surface area contributed by atoms with E-state index in [9.17, 15) is 13.2 Å². The molecular weight excluding hydrogens is 542 g/mol. The Morgan fingerprint density at radius 3 is 2.61 bits per heavy atom. The van der Waals surface area contributed by atoms with Crippen molar-refractivity contribution in [3.8, 4) is 5.75 Å². The van der Waals surface area contributed by atoms with Gasteiger partial charge in [0.1, 0.15) is 12.4 Å². The highest BCUT2D eigenvalue weighted by Crippen LogP contribution is 2.30. The van der Waals surface area contributed by atoms with Gasteiger partial charge in [-0.1, -0.05) is 18.2 Å². The minimum absolute atomic E-state index is 0. The van der Waals surface area contributed by atoms with E-state index in [4.69, 9.17) is 4.74 Å². The number of hydrogen-bond acceptors (Lipinski definition) is 5. The first-order valence-electron chi connectivity index (χ1n) is 9.68. The minimum Gasteiger partial charge on any atom is -0.492 e. The quantitative estimate of drug-likeness (QED) is 0.257. The van der Waals surface area contributed by atoms with E-state index in [1.54, 1.807) is 0 Å². The van der Waals surface area contributed by atoms with Crippen molar-refractivity contribution in [1.29, 1.82) is 0 Å². The lowest BCUT2D eigenvalue weighted by Crippen LogP contribution is -2.38. The molecule has 1 aromatic heterocycles. The van der Waals surface area contributed by atoms with Crippen LogP contribution >= 0.6 is 35.3 Å². The fourth-order valence-electron chi connectivity index (χ4n) is 2.46. The fraction of sp³-hybridized carbons (Fsp3) is 0.500. The lowest BCUT2D eigenvalue weighted by Gasteiger charge is -2.14. The highest BCUT2D eigenvalue weighted by molar-refractivity contribution is 14.0. The Bertz CT molecular complexity index is 814. The molecule has 0 aliphatic rings. The lowest BCUT2D eigenvalue weighted by atomic mass is 10.2. The molecule has 1 aromatic carbocycles. The lowest BCUT2D eigenvalue weighted by molar-refractivity contribution is -0.140. The van der Waals surface area contributed by atoms with Crippen LogP contribution in [0.2, 0.25) is 0 Å². The second kappa shape index (κ2) is 13.7. The van der Waals surface area contributed by atoms with Crippen molar-refractivity contribution in [3.05, 3.63) is 45.9 Å². The van der Waals surface area contributed by atoms with Crippen LogP contribution in [0.1, 0.15) is 23.2 Å². The van der Waals surface area contributed by atoms with Crippen LogP contribution in [0.15, 0.2) is 34.6 Å². The number of thiazole rings is 1. The van der Waals surface area contributed by atoms with Crippen LogP contribution in [0.25, 0.3) is 0 Å². The maximum absolute atomic E-state index is 12.7. The summed E-state index contributed by atoms with van der Waals surface area (Å²) in [5.74, 6) is 1.38. The zero-order valence-corrected chi connectivity index (χ0v) is 21.0. The molecular formula is C20H29F3IN5OS. The highest BCUT2D eigenvalue weighted by Gasteiger charge is 2.33. The Hall–Kier alpha value is -1.60. The monoisotopic (exact) mass is 571 g/mol. The number of alkyl halides is 3. The van der Waals surface area contributed by atoms with Crippen molar-refractivity contribution >= 4 is 41.3 Å². The Morgan fingerprint density at radius 2 is 1.97 bits per heavy atom. The molecule has 0 radical (unpaired) electrons. The third-order valence-electron chi connectivity index (χ3n) is 3.99. The van der Waals surface area contributed by atoms with Gasteiger partial charge in [-0.05, 0) is 27.1 Å². The van der Waals surface area contributed by atoms with E-state index < -0.39 is 11.9 Å². The number of halogens is 4. The number of rotatable bonds is 10. The number of ether oxygens (including phenoxy) is 1. The SMILES string of the molecule is CCNC(=NCc1ccccc1OCCN(C)C)NCCc1nc(C(F)(F)F)cs1.I. The number of aromatic nitrogens is 1. The van der Waals surface area contributed by atoms with Crippen molar-refractivity contribution in [2.24, 2.45) is 4.99 Å². The third-order valence-corrected chi connectivity index (χ3v) is 4.90. The summed E-state index contributed by atoms with van der Waals surface area (Å²) in [4.78, 5) is 10.3. The first-order valence-corrected chi connectivity index (χ1v) is 10.6. The Morgan fingerprint density at radius 1 is 1.23 bits per heavy atom. The molecule has 31 heavy (non-hydrogen) atoms. The minimum atomic E-state index is -4.40. The number of benzene rings is 1. The van der Waals surface area contributed by atoms with Crippen molar-refractivity contribution in [2.75, 3.05) is 40.3 Å². The van der Waals surface area contributed by atoms with Gasteiger partial charge in [0.15, 0.2) is 11.7 Å². The van der Waals surface area contributed by atoms with E-state index in [-0.39, 0.29) is 24.0 Å². The van der Waals surface area contributed by atoms with Crippen molar-refractivity contribution in [2.45, 2.75) is 26.1 Å². The van der Waals surface area contributed by atoms with Gasteiger partial charge in [-0.25, -0.2) is 9.98 Å². The summed E-state index contributed by atoms with van der Waals surface area (Å²) in [7, 11) is 3.98. The van der Waals surface area contributed by atoms with Gasteiger partial charge < -0.3 is 20.3 Å². The number of para-hydroxylation sites is 1. The number of likely N-dealkylation sites (N-methyl/N-ethyl adjacent to an activating group) is 1. The third kappa shape index (κ3) is 10.0. The average Bonchev–Trinajstić information content (AvgIpc) is 3.16. The average molecular weight is 571 g/mol. The van der Waals surface area contributed by atoms with Crippen LogP contribution in [0, 0.1) is 0 Å². The maximum Gasteiger partial charge on any atom is 0.434 e. The molecule has 0 fully saturated rings. The van der Waals surface area contributed by atoms with Gasteiger partial charge in [-0.3, -0.25) is 0 Å². The predicted octanol–water partition coefficient (Wildman–Crippen LogP) is 4.02. The second-order valence-corrected chi connectivity index (χ2v) is 7.70. The number of aliphatic imine (C=N–C) groups is 1. The zero-order valence-electron chi connectivity index (χ0n) is 17.8. The molecule has 0 bridgehead atoms. The zero-order chi connectivity index (χ0) is 22.0. The van der Waals surface area contributed by atoms with E-state index in [1.807, 2.05) is 50.2 Å². The summed E-state index contributed by atoms with van der Waals surface area (Å²) in [5.41, 5.74) is 0.122. The number of hydrogen-bond donors (Lipinski definition) is 2. The molecule has 2 aromatic rings. The van der Waals surface area contributed by atoms with Crippen molar-refractivity contribution < 1.29 is 17.9 Å². The summed E-state index contributed by atoms with van der Waals surface area (Å²) in [6.07, 6.45) is -4.02. The van der Waals surface area contributed by atoms with Gasteiger partial charge >= 0.3 is 6.18 Å². The summed E-state index contributed by atoms with van der Waals surface area (Å²) in [5, 5.41) is 7.76. The van der Waals surface area contributed by atoms with Gasteiger partial charge in [0.05, 0.1) is 11.6 Å². The molecule has 0 saturated carbocycles. The van der Waals surface area contributed by atoms with Crippen molar-refractivity contribution in [3.63, 3.8) is 0 Å². The van der Waals surface area contributed by atoms with Gasteiger partial charge in [0.2, 0.25) is 0 Å². The highest BCUT2D eigenvalue weighted by atomic mass is 127. The van der Waals surface area contributed by atoms with Crippen LogP contribution in [0.5, 0.6) is 5.75 Å². The molecule has 1 heterocycles. The van der Waals surface area contributed by atoms with Crippen LogP contribution in [0.4, 0.5) is 13.2 Å². The van der Waals surface area contributed by atoms with Crippen LogP contribution in [-0.2, 0) is 19.1 Å². The van der Waals surface area contributed by atoms with Gasteiger partial charge in [-0.15, -0.1) is 35.3 Å². The molecule has 6 nitrogen and oxygen atoms in total. The standard InChI is InChI=1S/C20H28F3N5OS.HI/c1-4-24-19(25-10-9-18-27-17(14-30-18)20(21,22)23)26-13-15-7-5-6-8-16(15)29-12-11-28(2)3;/h5-8,14H,4,9-13H2,1-3H3,(H2,24,25,26);1H. The molecule has 0 atom stereocenters. The molecule has 0 aliphatic heterocycles. The molecule has 11 heteroatoms. The predicted molar refractivity (Wildman–Crippen MR) is 130 cm³/mol. The largest absolute Gasteiger partial charge is 0.492 e. The second-order valence-electron chi connectivity index (χ2n) is 6.76.